The van der Waals surface area contributed by atoms with Gasteiger partial charge in [-0.05, 0) is 31.5 Å². The van der Waals surface area contributed by atoms with Gasteiger partial charge in [-0.15, -0.1) is 0 Å². The van der Waals surface area contributed by atoms with Gasteiger partial charge in [0.25, 0.3) is 5.91 Å². The number of hydrogen-bond acceptors (Lipinski definition) is 3. The Morgan fingerprint density at radius 3 is 2.62 bits per heavy atom. The number of carbonyl (C=O) groups is 1. The van der Waals surface area contributed by atoms with Crippen LogP contribution in [0.1, 0.15) is 29.8 Å². The van der Waals surface area contributed by atoms with Gasteiger partial charge in [-0.3, -0.25) is 9.78 Å². The molecule has 0 unspecified atom stereocenters. The third-order valence-corrected chi connectivity index (χ3v) is 2.95. The molecule has 1 amide bonds. The number of nitrogens with zero attached hydrogens (tertiary/aromatic N) is 1. The second-order valence-corrected chi connectivity index (χ2v) is 5.56. The first-order valence-electron chi connectivity index (χ1n) is 6.91. The topological polar surface area (TPSA) is 51.2 Å². The highest BCUT2D eigenvalue weighted by Gasteiger charge is 2.21. The fraction of sp³-hybridized carbons (Fsp3) is 0.294. The number of pyridine rings is 1. The molecule has 0 atom stereocenters. The second kappa shape index (κ2) is 6.99. The first kappa shape index (κ1) is 15.2. The number of rotatable bonds is 6. The molecule has 4 heteroatoms. The minimum atomic E-state index is -0.443. The number of amides is 1. The lowest BCUT2D eigenvalue weighted by Gasteiger charge is -2.26. The Morgan fingerprint density at radius 2 is 1.95 bits per heavy atom. The monoisotopic (exact) mass is 284 g/mol. The van der Waals surface area contributed by atoms with E-state index >= 15 is 0 Å². The zero-order chi connectivity index (χ0) is 15.1. The molecule has 2 rings (SSSR count). The van der Waals surface area contributed by atoms with Gasteiger partial charge in [-0.2, -0.15) is 0 Å². The summed E-state index contributed by atoms with van der Waals surface area (Å²) in [6, 6.07) is 13.4. The van der Waals surface area contributed by atoms with Crippen LogP contribution in [0.2, 0.25) is 0 Å². The van der Waals surface area contributed by atoms with Crippen LogP contribution in [0.4, 0.5) is 0 Å². The Balaban J connectivity index is 1.83. The molecule has 0 aliphatic rings. The molecule has 0 bridgehead atoms. The van der Waals surface area contributed by atoms with Crippen molar-refractivity contribution in [2.24, 2.45) is 0 Å². The van der Waals surface area contributed by atoms with E-state index in [2.05, 4.69) is 10.3 Å². The fourth-order valence-corrected chi connectivity index (χ4v) is 1.91. The lowest BCUT2D eigenvalue weighted by atomic mass is 10.1. The molecule has 0 radical (unpaired) electrons. The summed E-state index contributed by atoms with van der Waals surface area (Å²) in [6.07, 6.45) is 3.20. The maximum absolute atomic E-state index is 12.1. The maximum atomic E-state index is 12.1. The van der Waals surface area contributed by atoms with E-state index in [4.69, 9.17) is 4.74 Å². The van der Waals surface area contributed by atoms with Crippen LogP contribution in [0.15, 0.2) is 54.9 Å². The van der Waals surface area contributed by atoms with E-state index in [1.54, 1.807) is 24.5 Å². The van der Waals surface area contributed by atoms with Gasteiger partial charge in [0, 0.05) is 12.4 Å². The summed E-state index contributed by atoms with van der Waals surface area (Å²) >= 11 is 0. The van der Waals surface area contributed by atoms with Gasteiger partial charge in [-0.1, -0.05) is 30.3 Å². The summed E-state index contributed by atoms with van der Waals surface area (Å²) in [5, 5.41) is 2.95. The summed E-state index contributed by atoms with van der Waals surface area (Å²) in [4.78, 5) is 16.0. The Morgan fingerprint density at radius 1 is 1.19 bits per heavy atom. The van der Waals surface area contributed by atoms with Crippen LogP contribution in [0, 0.1) is 0 Å². The lowest BCUT2D eigenvalue weighted by Crippen LogP contribution is -2.47. The SMILES string of the molecule is CC(C)(COCc1ccccc1)NC(=O)c1cccnc1. The van der Waals surface area contributed by atoms with Crippen molar-refractivity contribution in [3.8, 4) is 0 Å². The third kappa shape index (κ3) is 5.00. The Bertz CT molecular complexity index is 568. The molecule has 1 heterocycles. The molecule has 0 aliphatic carbocycles. The molecule has 2 aromatic rings. The van der Waals surface area contributed by atoms with Crippen molar-refractivity contribution in [3.05, 3.63) is 66.0 Å². The van der Waals surface area contributed by atoms with Gasteiger partial charge >= 0.3 is 0 Å². The zero-order valence-corrected chi connectivity index (χ0v) is 12.4. The Hall–Kier alpha value is -2.20. The first-order valence-corrected chi connectivity index (χ1v) is 6.91. The molecular weight excluding hydrogens is 264 g/mol. The van der Waals surface area contributed by atoms with Crippen molar-refractivity contribution in [2.45, 2.75) is 26.0 Å². The highest BCUT2D eigenvalue weighted by molar-refractivity contribution is 5.94. The normalized spacial score (nSPS) is 11.1. The second-order valence-electron chi connectivity index (χ2n) is 5.56. The van der Waals surface area contributed by atoms with E-state index in [9.17, 15) is 4.79 Å². The molecule has 1 aromatic carbocycles. The van der Waals surface area contributed by atoms with Gasteiger partial charge in [0.15, 0.2) is 0 Å². The summed E-state index contributed by atoms with van der Waals surface area (Å²) in [5.41, 5.74) is 1.22. The first-order chi connectivity index (χ1) is 10.1. The van der Waals surface area contributed by atoms with Crippen LogP contribution in [0.3, 0.4) is 0 Å². The average molecular weight is 284 g/mol. The largest absolute Gasteiger partial charge is 0.374 e. The molecule has 1 N–H and O–H groups in total. The highest BCUT2D eigenvalue weighted by Crippen LogP contribution is 2.08. The van der Waals surface area contributed by atoms with Crippen molar-refractivity contribution in [1.29, 1.82) is 0 Å². The molecule has 0 fully saturated rings. The number of hydrogen-bond donors (Lipinski definition) is 1. The Kier molecular flexibility index (Phi) is 5.06. The molecule has 4 nitrogen and oxygen atoms in total. The molecule has 110 valence electrons. The summed E-state index contributed by atoms with van der Waals surface area (Å²) in [5.74, 6) is -0.142. The zero-order valence-electron chi connectivity index (χ0n) is 12.4. The lowest BCUT2D eigenvalue weighted by molar-refractivity contribution is 0.0616. The number of nitrogens with one attached hydrogen (secondary N) is 1. The van der Waals surface area contributed by atoms with Gasteiger partial charge in [0.2, 0.25) is 0 Å². The number of aromatic nitrogens is 1. The van der Waals surface area contributed by atoms with E-state index < -0.39 is 5.54 Å². The van der Waals surface area contributed by atoms with Crippen molar-refractivity contribution in [1.82, 2.24) is 10.3 Å². The smallest absolute Gasteiger partial charge is 0.253 e. The highest BCUT2D eigenvalue weighted by atomic mass is 16.5. The van der Waals surface area contributed by atoms with Crippen molar-refractivity contribution < 1.29 is 9.53 Å². The van der Waals surface area contributed by atoms with E-state index in [0.29, 0.717) is 18.8 Å². The van der Waals surface area contributed by atoms with E-state index in [-0.39, 0.29) is 5.91 Å². The van der Waals surface area contributed by atoms with Crippen LogP contribution in [-0.2, 0) is 11.3 Å². The molecular formula is C17H20N2O2. The van der Waals surface area contributed by atoms with Crippen molar-refractivity contribution in [3.63, 3.8) is 0 Å². The summed E-state index contributed by atoms with van der Waals surface area (Å²) in [7, 11) is 0. The Labute approximate surface area is 125 Å². The van der Waals surface area contributed by atoms with Crippen molar-refractivity contribution in [2.75, 3.05) is 6.61 Å². The fourth-order valence-electron chi connectivity index (χ4n) is 1.91. The van der Waals surface area contributed by atoms with Gasteiger partial charge in [0.1, 0.15) is 0 Å². The molecule has 0 saturated carbocycles. The standard InChI is InChI=1S/C17H20N2O2/c1-17(2,13-21-12-14-7-4-3-5-8-14)19-16(20)15-9-6-10-18-11-15/h3-11H,12-13H2,1-2H3,(H,19,20). The van der Waals surface area contributed by atoms with Gasteiger partial charge in [0.05, 0.1) is 24.3 Å². The number of ether oxygens (including phenoxy) is 1. The van der Waals surface area contributed by atoms with Crippen LogP contribution in [0.5, 0.6) is 0 Å². The van der Waals surface area contributed by atoms with E-state index in [1.807, 2.05) is 44.2 Å². The summed E-state index contributed by atoms with van der Waals surface area (Å²) < 4.78 is 5.69. The van der Waals surface area contributed by atoms with Gasteiger partial charge in [-0.25, -0.2) is 0 Å². The molecule has 0 spiro atoms. The van der Waals surface area contributed by atoms with Crippen LogP contribution >= 0.6 is 0 Å². The van der Waals surface area contributed by atoms with Crippen LogP contribution in [0.25, 0.3) is 0 Å². The number of carbonyl (C=O) groups excluding carboxylic acids is 1. The summed E-state index contributed by atoms with van der Waals surface area (Å²) in [6.45, 7) is 4.85. The molecule has 0 saturated heterocycles. The van der Waals surface area contributed by atoms with E-state index in [0.717, 1.165) is 5.56 Å². The number of benzene rings is 1. The van der Waals surface area contributed by atoms with E-state index in [1.165, 1.54) is 0 Å². The average Bonchev–Trinajstić information content (AvgIpc) is 2.48. The minimum absolute atomic E-state index is 0.142. The predicted molar refractivity (Wildman–Crippen MR) is 81.9 cm³/mol. The maximum Gasteiger partial charge on any atom is 0.253 e. The quantitative estimate of drug-likeness (QED) is 0.887. The molecule has 0 aliphatic heterocycles. The molecule has 1 aromatic heterocycles. The van der Waals surface area contributed by atoms with Crippen LogP contribution < -0.4 is 5.32 Å². The predicted octanol–water partition coefficient (Wildman–Crippen LogP) is 2.81. The third-order valence-electron chi connectivity index (χ3n) is 2.95. The minimum Gasteiger partial charge on any atom is -0.374 e. The van der Waals surface area contributed by atoms with Crippen molar-refractivity contribution >= 4 is 5.91 Å². The van der Waals surface area contributed by atoms with Crippen LogP contribution in [-0.4, -0.2) is 23.0 Å². The van der Waals surface area contributed by atoms with Gasteiger partial charge < -0.3 is 10.1 Å². The molecule has 21 heavy (non-hydrogen) atoms.